The third kappa shape index (κ3) is 3.85. The van der Waals surface area contributed by atoms with Gasteiger partial charge >= 0.3 is 0 Å². The van der Waals surface area contributed by atoms with Crippen LogP contribution in [0.2, 0.25) is 0 Å². The van der Waals surface area contributed by atoms with E-state index in [4.69, 9.17) is 4.74 Å². The average Bonchev–Trinajstić information content (AvgIpc) is 2.15. The van der Waals surface area contributed by atoms with Crippen LogP contribution in [0.25, 0.3) is 0 Å². The van der Waals surface area contributed by atoms with Crippen LogP contribution in [0, 0.1) is 5.82 Å². The molecular formula is C11H17FNO+. The molecule has 0 fully saturated rings. The molecule has 0 aliphatic rings. The van der Waals surface area contributed by atoms with E-state index in [1.54, 1.807) is 19.2 Å². The van der Waals surface area contributed by atoms with Gasteiger partial charge in [-0.25, -0.2) is 4.39 Å². The van der Waals surface area contributed by atoms with Gasteiger partial charge in [-0.3, -0.25) is 0 Å². The largest absolute Gasteiger partial charge is 0.379 e. The van der Waals surface area contributed by atoms with Crippen LogP contribution in [0.5, 0.6) is 0 Å². The third-order valence-corrected chi connectivity index (χ3v) is 2.07. The maximum absolute atomic E-state index is 12.8. The smallest absolute Gasteiger partial charge is 0.123 e. The first-order chi connectivity index (χ1) is 6.72. The van der Waals surface area contributed by atoms with E-state index in [1.807, 2.05) is 6.07 Å². The molecule has 0 aliphatic carbocycles. The Hall–Kier alpha value is -0.930. The lowest BCUT2D eigenvalue weighted by Gasteiger charge is -2.09. The molecule has 2 nitrogen and oxygen atoms in total. The van der Waals surface area contributed by atoms with Gasteiger partial charge < -0.3 is 10.1 Å². The van der Waals surface area contributed by atoms with Crippen LogP contribution in [0.4, 0.5) is 4.39 Å². The summed E-state index contributed by atoms with van der Waals surface area (Å²) in [5.41, 5.74) is 1.01. The minimum absolute atomic E-state index is 0.171. The highest BCUT2D eigenvalue weighted by atomic mass is 19.1. The molecule has 0 radical (unpaired) electrons. The summed E-state index contributed by atoms with van der Waals surface area (Å²) in [6.45, 7) is 3.60. The first-order valence-corrected chi connectivity index (χ1v) is 4.79. The number of halogens is 1. The maximum atomic E-state index is 12.8. The van der Waals surface area contributed by atoms with Crippen LogP contribution in [0.15, 0.2) is 24.3 Å². The van der Waals surface area contributed by atoms with Crippen molar-refractivity contribution < 1.29 is 14.4 Å². The summed E-state index contributed by atoms with van der Waals surface area (Å²) in [7, 11) is 1.69. The number of methoxy groups -OCH3 is 1. The van der Waals surface area contributed by atoms with Crippen molar-refractivity contribution in [3.63, 3.8) is 0 Å². The molecule has 0 spiro atoms. The Morgan fingerprint density at radius 2 is 2.29 bits per heavy atom. The van der Waals surface area contributed by atoms with Crippen LogP contribution in [-0.4, -0.2) is 19.8 Å². The Bertz CT molecular complexity index is 278. The molecule has 0 unspecified atom stereocenters. The zero-order chi connectivity index (χ0) is 10.4. The second-order valence-corrected chi connectivity index (χ2v) is 3.50. The minimum atomic E-state index is -0.171. The van der Waals surface area contributed by atoms with Gasteiger partial charge in [0.2, 0.25) is 0 Å². The molecule has 0 saturated heterocycles. The van der Waals surface area contributed by atoms with Crippen LogP contribution >= 0.6 is 0 Å². The first kappa shape index (κ1) is 11.1. The van der Waals surface area contributed by atoms with Crippen molar-refractivity contribution in [3.05, 3.63) is 35.6 Å². The van der Waals surface area contributed by atoms with Gasteiger partial charge in [0.1, 0.15) is 18.4 Å². The summed E-state index contributed by atoms with van der Waals surface area (Å²) in [6, 6.07) is 7.10. The highest BCUT2D eigenvalue weighted by Crippen LogP contribution is 2.01. The van der Waals surface area contributed by atoms with Crippen molar-refractivity contribution in [2.75, 3.05) is 13.7 Å². The Balaban J connectivity index is 2.37. The van der Waals surface area contributed by atoms with E-state index in [1.165, 1.54) is 6.07 Å². The van der Waals surface area contributed by atoms with Crippen molar-refractivity contribution >= 4 is 0 Å². The fraction of sp³-hybridized carbons (Fsp3) is 0.455. The Labute approximate surface area is 84.1 Å². The molecule has 1 atom stereocenters. The number of hydrogen-bond acceptors (Lipinski definition) is 1. The van der Waals surface area contributed by atoms with Crippen LogP contribution in [0.3, 0.4) is 0 Å². The fourth-order valence-electron chi connectivity index (χ4n) is 1.33. The Morgan fingerprint density at radius 1 is 1.50 bits per heavy atom. The molecule has 0 amide bonds. The van der Waals surface area contributed by atoms with E-state index in [0.717, 1.165) is 18.7 Å². The number of quaternary nitrogens is 1. The van der Waals surface area contributed by atoms with E-state index in [-0.39, 0.29) is 5.82 Å². The number of benzene rings is 1. The van der Waals surface area contributed by atoms with Gasteiger partial charge in [-0.2, -0.15) is 0 Å². The van der Waals surface area contributed by atoms with Gasteiger partial charge in [0.25, 0.3) is 0 Å². The molecule has 1 rings (SSSR count). The normalized spacial score (nSPS) is 12.8. The molecular weight excluding hydrogens is 181 g/mol. The molecule has 0 bridgehead atoms. The van der Waals surface area contributed by atoms with Crippen LogP contribution in [-0.2, 0) is 11.3 Å². The van der Waals surface area contributed by atoms with Crippen molar-refractivity contribution in [1.82, 2.24) is 0 Å². The van der Waals surface area contributed by atoms with Gasteiger partial charge in [0.05, 0.1) is 6.61 Å². The zero-order valence-corrected chi connectivity index (χ0v) is 8.66. The zero-order valence-electron chi connectivity index (χ0n) is 8.66. The van der Waals surface area contributed by atoms with Crippen molar-refractivity contribution in [1.29, 1.82) is 0 Å². The Kier molecular flexibility index (Phi) is 4.56. The summed E-state index contributed by atoms with van der Waals surface area (Å²) < 4.78 is 17.8. The molecule has 78 valence electrons. The molecule has 3 heteroatoms. The van der Waals surface area contributed by atoms with E-state index < -0.39 is 0 Å². The van der Waals surface area contributed by atoms with E-state index in [0.29, 0.717) is 6.04 Å². The van der Waals surface area contributed by atoms with Gasteiger partial charge in [-0.15, -0.1) is 0 Å². The quantitative estimate of drug-likeness (QED) is 0.748. The van der Waals surface area contributed by atoms with Gasteiger partial charge in [-0.1, -0.05) is 12.1 Å². The number of hydrogen-bond donors (Lipinski definition) is 1. The SMILES string of the molecule is COC[C@H](C)[NH2+]Cc1cccc(F)c1. The van der Waals surface area contributed by atoms with Crippen molar-refractivity contribution in [3.8, 4) is 0 Å². The molecule has 14 heavy (non-hydrogen) atoms. The predicted molar refractivity (Wildman–Crippen MR) is 53.4 cm³/mol. The fourth-order valence-corrected chi connectivity index (χ4v) is 1.33. The summed E-state index contributed by atoms with van der Waals surface area (Å²) in [4.78, 5) is 0. The lowest BCUT2D eigenvalue weighted by molar-refractivity contribution is -0.702. The van der Waals surface area contributed by atoms with Crippen molar-refractivity contribution in [2.45, 2.75) is 19.5 Å². The minimum Gasteiger partial charge on any atom is -0.379 e. The number of rotatable bonds is 5. The molecule has 0 aliphatic heterocycles. The molecule has 0 heterocycles. The molecule has 2 N–H and O–H groups in total. The topological polar surface area (TPSA) is 25.8 Å². The molecule has 0 saturated carbocycles. The predicted octanol–water partition coefficient (Wildman–Crippen LogP) is 0.924. The lowest BCUT2D eigenvalue weighted by Crippen LogP contribution is -2.88. The number of nitrogens with two attached hydrogens (primary N) is 1. The van der Waals surface area contributed by atoms with E-state index in [9.17, 15) is 4.39 Å². The van der Waals surface area contributed by atoms with Crippen LogP contribution in [0.1, 0.15) is 12.5 Å². The molecule has 0 aromatic heterocycles. The van der Waals surface area contributed by atoms with E-state index in [2.05, 4.69) is 12.2 Å². The Morgan fingerprint density at radius 3 is 2.93 bits per heavy atom. The summed E-state index contributed by atoms with van der Waals surface area (Å²) in [6.07, 6.45) is 0. The highest BCUT2D eigenvalue weighted by molar-refractivity contribution is 5.14. The second kappa shape index (κ2) is 5.73. The second-order valence-electron chi connectivity index (χ2n) is 3.50. The summed E-state index contributed by atoms with van der Waals surface area (Å²) >= 11 is 0. The summed E-state index contributed by atoms with van der Waals surface area (Å²) in [5, 5.41) is 2.14. The standard InChI is InChI=1S/C11H16FNO/c1-9(8-14-2)13-7-10-4-3-5-11(12)6-10/h3-6,9,13H,7-8H2,1-2H3/p+1/t9-/m0/s1. The molecule has 1 aromatic rings. The van der Waals surface area contributed by atoms with Gasteiger partial charge in [0.15, 0.2) is 0 Å². The van der Waals surface area contributed by atoms with Gasteiger partial charge in [0, 0.05) is 12.7 Å². The lowest BCUT2D eigenvalue weighted by atomic mass is 10.2. The van der Waals surface area contributed by atoms with E-state index >= 15 is 0 Å². The van der Waals surface area contributed by atoms with Crippen LogP contribution < -0.4 is 5.32 Å². The van der Waals surface area contributed by atoms with Gasteiger partial charge in [-0.05, 0) is 19.1 Å². The number of ether oxygens (including phenoxy) is 1. The van der Waals surface area contributed by atoms with Crippen molar-refractivity contribution in [2.24, 2.45) is 0 Å². The first-order valence-electron chi connectivity index (χ1n) is 4.79. The molecule has 1 aromatic carbocycles. The highest BCUT2D eigenvalue weighted by Gasteiger charge is 2.04. The maximum Gasteiger partial charge on any atom is 0.123 e. The summed E-state index contributed by atoms with van der Waals surface area (Å²) in [5.74, 6) is -0.171. The third-order valence-electron chi connectivity index (χ3n) is 2.07. The monoisotopic (exact) mass is 198 g/mol. The average molecular weight is 198 g/mol.